The Balaban J connectivity index is 2.36. The van der Waals surface area contributed by atoms with Crippen LogP contribution in [0.15, 0.2) is 66.3 Å². The Kier molecular flexibility index (Phi) is 4.94. The second kappa shape index (κ2) is 7.16. The number of carboxylic acid groups (broad SMARTS) is 1. The fraction of sp³-hybridized carbons (Fsp3) is 0.227. The van der Waals surface area contributed by atoms with Crippen molar-refractivity contribution < 1.29 is 19.0 Å². The second-order valence-corrected chi connectivity index (χ2v) is 6.27. The van der Waals surface area contributed by atoms with Crippen LogP contribution in [-0.2, 0) is 4.79 Å². The number of para-hydroxylation sites is 1. The highest BCUT2D eigenvalue weighted by molar-refractivity contribution is 5.90. The summed E-state index contributed by atoms with van der Waals surface area (Å²) in [4.78, 5) is 11.2. The molecule has 0 amide bonds. The quantitative estimate of drug-likeness (QED) is 0.751. The van der Waals surface area contributed by atoms with E-state index in [2.05, 4.69) is 0 Å². The van der Waals surface area contributed by atoms with Crippen LogP contribution in [0.5, 0.6) is 5.75 Å². The lowest BCUT2D eigenvalue weighted by atomic mass is 9.78. The highest BCUT2D eigenvalue weighted by Gasteiger charge is 2.39. The van der Waals surface area contributed by atoms with E-state index in [1.165, 1.54) is 12.1 Å². The van der Waals surface area contributed by atoms with Gasteiger partial charge in [-0.05, 0) is 48.3 Å². The van der Waals surface area contributed by atoms with Crippen LogP contribution in [0.1, 0.15) is 37.8 Å². The van der Waals surface area contributed by atoms with Gasteiger partial charge in [0.15, 0.2) is 0 Å². The van der Waals surface area contributed by atoms with E-state index in [1.54, 1.807) is 18.2 Å². The van der Waals surface area contributed by atoms with Gasteiger partial charge < -0.3 is 9.84 Å². The maximum absolute atomic E-state index is 13.5. The number of ether oxygens (including phenoxy) is 1. The topological polar surface area (TPSA) is 46.5 Å². The number of hydrogen-bond acceptors (Lipinski definition) is 2. The molecule has 0 fully saturated rings. The minimum atomic E-state index is -1.02. The monoisotopic (exact) mass is 352 g/mol. The number of carboxylic acids is 1. The Morgan fingerprint density at radius 3 is 2.38 bits per heavy atom. The van der Waals surface area contributed by atoms with Crippen LogP contribution in [0.3, 0.4) is 0 Å². The molecule has 3 rings (SSSR count). The van der Waals surface area contributed by atoms with E-state index >= 15 is 0 Å². The third-order valence-electron chi connectivity index (χ3n) is 4.89. The number of aliphatic carboxylic acids is 1. The summed E-state index contributed by atoms with van der Waals surface area (Å²) < 4.78 is 19.8. The maximum Gasteiger partial charge on any atom is 0.328 e. The van der Waals surface area contributed by atoms with Gasteiger partial charge in [-0.1, -0.05) is 44.2 Å². The first kappa shape index (κ1) is 17.9. The minimum Gasteiger partial charge on any atom is -0.482 e. The summed E-state index contributed by atoms with van der Waals surface area (Å²) in [5.74, 6) is -0.575. The predicted octanol–water partition coefficient (Wildman–Crippen LogP) is 5.22. The van der Waals surface area contributed by atoms with Crippen molar-refractivity contribution in [1.82, 2.24) is 0 Å². The molecule has 0 radical (unpaired) electrons. The molecule has 4 heteroatoms. The zero-order valence-corrected chi connectivity index (χ0v) is 14.8. The molecule has 26 heavy (non-hydrogen) atoms. The Morgan fingerprint density at radius 1 is 1.12 bits per heavy atom. The molecular weight excluding hydrogens is 331 g/mol. The van der Waals surface area contributed by atoms with E-state index in [0.717, 1.165) is 34.1 Å². The van der Waals surface area contributed by atoms with Crippen molar-refractivity contribution >= 4 is 11.5 Å². The van der Waals surface area contributed by atoms with Crippen molar-refractivity contribution in [3.05, 3.63) is 83.2 Å². The lowest BCUT2D eigenvalue weighted by Crippen LogP contribution is -2.39. The molecule has 0 aliphatic carbocycles. The molecule has 0 saturated carbocycles. The van der Waals surface area contributed by atoms with Gasteiger partial charge in [0.1, 0.15) is 17.2 Å². The van der Waals surface area contributed by atoms with Crippen molar-refractivity contribution in [3.63, 3.8) is 0 Å². The van der Waals surface area contributed by atoms with E-state index in [1.807, 2.05) is 38.1 Å². The molecule has 0 saturated heterocycles. The Labute approximate surface area is 152 Å². The molecule has 2 aromatic carbocycles. The summed E-state index contributed by atoms with van der Waals surface area (Å²) in [6, 6.07) is 13.9. The van der Waals surface area contributed by atoms with Gasteiger partial charge in [-0.15, -0.1) is 0 Å². The molecule has 0 atom stereocenters. The summed E-state index contributed by atoms with van der Waals surface area (Å²) in [5, 5.41) is 9.15. The van der Waals surface area contributed by atoms with Crippen molar-refractivity contribution in [2.75, 3.05) is 0 Å². The Bertz CT molecular complexity index is 875. The minimum absolute atomic E-state index is 0.311. The van der Waals surface area contributed by atoms with E-state index < -0.39 is 11.6 Å². The number of fused-ring (bicyclic) bond motifs is 1. The number of hydrogen-bond donors (Lipinski definition) is 1. The van der Waals surface area contributed by atoms with Crippen LogP contribution < -0.4 is 4.74 Å². The molecule has 1 N–H and O–H groups in total. The fourth-order valence-electron chi connectivity index (χ4n) is 3.49. The number of carbonyl (C=O) groups is 1. The number of benzene rings is 2. The van der Waals surface area contributed by atoms with Crippen molar-refractivity contribution in [2.45, 2.75) is 32.3 Å². The maximum atomic E-state index is 13.5. The van der Waals surface area contributed by atoms with Crippen LogP contribution >= 0.6 is 0 Å². The normalized spacial score (nSPS) is 15.7. The lowest BCUT2D eigenvalue weighted by Gasteiger charge is -2.40. The largest absolute Gasteiger partial charge is 0.482 e. The van der Waals surface area contributed by atoms with E-state index in [0.29, 0.717) is 12.8 Å². The molecule has 0 unspecified atom stereocenters. The molecule has 1 aliphatic heterocycles. The average Bonchev–Trinajstić information content (AvgIpc) is 2.65. The predicted molar refractivity (Wildman–Crippen MR) is 99.6 cm³/mol. The molecular formula is C22H21FO3. The van der Waals surface area contributed by atoms with Gasteiger partial charge in [0.25, 0.3) is 0 Å². The summed E-state index contributed by atoms with van der Waals surface area (Å²) in [6.07, 6.45) is 4.11. The smallest absolute Gasteiger partial charge is 0.328 e. The van der Waals surface area contributed by atoms with Crippen molar-refractivity contribution in [1.29, 1.82) is 0 Å². The molecule has 1 heterocycles. The molecule has 0 spiro atoms. The summed E-state index contributed by atoms with van der Waals surface area (Å²) in [6.45, 7) is 4.04. The van der Waals surface area contributed by atoms with E-state index in [4.69, 9.17) is 9.84 Å². The van der Waals surface area contributed by atoms with Gasteiger partial charge in [-0.2, -0.15) is 0 Å². The Hall–Kier alpha value is -2.88. The first-order valence-corrected chi connectivity index (χ1v) is 8.71. The summed E-state index contributed by atoms with van der Waals surface area (Å²) >= 11 is 0. The lowest BCUT2D eigenvalue weighted by molar-refractivity contribution is -0.131. The third-order valence-corrected chi connectivity index (χ3v) is 4.89. The molecule has 2 aromatic rings. The van der Waals surface area contributed by atoms with Gasteiger partial charge in [-0.25, -0.2) is 9.18 Å². The van der Waals surface area contributed by atoms with Crippen LogP contribution in [-0.4, -0.2) is 16.7 Å². The van der Waals surface area contributed by atoms with Crippen LogP contribution in [0.4, 0.5) is 4.39 Å². The first-order valence-electron chi connectivity index (χ1n) is 8.71. The summed E-state index contributed by atoms with van der Waals surface area (Å²) in [5.41, 5.74) is 2.76. The van der Waals surface area contributed by atoms with Gasteiger partial charge in [0.05, 0.1) is 0 Å². The summed E-state index contributed by atoms with van der Waals surface area (Å²) in [7, 11) is 0. The molecule has 134 valence electrons. The van der Waals surface area contributed by atoms with E-state index in [-0.39, 0.29) is 5.82 Å². The zero-order valence-electron chi connectivity index (χ0n) is 14.8. The first-order chi connectivity index (χ1) is 12.5. The second-order valence-electron chi connectivity index (χ2n) is 6.27. The average molecular weight is 352 g/mol. The molecule has 3 nitrogen and oxygen atoms in total. The standard InChI is InChI=1S/C22H21FO3/c1-3-22(4-2)18(13-14-20(24)25)21(15-9-11-16(23)12-10-15)17-7-5-6-8-19(17)26-22/h5-14H,3-4H2,1-2H3,(H,24,25). The van der Waals surface area contributed by atoms with Gasteiger partial charge in [-0.3, -0.25) is 0 Å². The molecule has 1 aliphatic rings. The van der Waals surface area contributed by atoms with E-state index in [9.17, 15) is 9.18 Å². The number of rotatable bonds is 5. The SMILES string of the molecule is CCC1(CC)Oc2ccccc2C(c2ccc(F)cc2)=C1C=CC(=O)O. The van der Waals surface area contributed by atoms with Crippen molar-refractivity contribution in [3.8, 4) is 5.75 Å². The molecule has 0 aromatic heterocycles. The van der Waals surface area contributed by atoms with Crippen LogP contribution in [0.25, 0.3) is 5.57 Å². The third kappa shape index (κ3) is 3.15. The van der Waals surface area contributed by atoms with Gasteiger partial charge >= 0.3 is 5.97 Å². The fourth-order valence-corrected chi connectivity index (χ4v) is 3.49. The Morgan fingerprint density at radius 2 is 1.77 bits per heavy atom. The number of halogens is 1. The van der Waals surface area contributed by atoms with Gasteiger partial charge in [0.2, 0.25) is 0 Å². The molecule has 0 bridgehead atoms. The van der Waals surface area contributed by atoms with Crippen molar-refractivity contribution in [2.24, 2.45) is 0 Å². The van der Waals surface area contributed by atoms with Gasteiger partial charge in [0, 0.05) is 17.2 Å². The highest BCUT2D eigenvalue weighted by Crippen LogP contribution is 2.47. The zero-order chi connectivity index (χ0) is 18.7. The highest BCUT2D eigenvalue weighted by atomic mass is 19.1. The van der Waals surface area contributed by atoms with Crippen LogP contribution in [0, 0.1) is 5.82 Å². The van der Waals surface area contributed by atoms with Crippen LogP contribution in [0.2, 0.25) is 0 Å².